The minimum absolute atomic E-state index is 0.0177. The number of hydrogen-bond donors (Lipinski definition) is 2. The van der Waals surface area contributed by atoms with Crippen molar-refractivity contribution in [3.8, 4) is 0 Å². The number of halogens is 3. The molecule has 9 heteroatoms. The van der Waals surface area contributed by atoms with E-state index in [1.807, 2.05) is 0 Å². The molecular weight excluding hydrogens is 363 g/mol. The summed E-state index contributed by atoms with van der Waals surface area (Å²) >= 11 is 1.65. The third kappa shape index (κ3) is 6.75. The lowest BCUT2D eigenvalue weighted by Crippen LogP contribution is -2.45. The van der Waals surface area contributed by atoms with Gasteiger partial charge in [0.25, 0.3) is 0 Å². The van der Waals surface area contributed by atoms with Crippen molar-refractivity contribution in [2.45, 2.75) is 51.2 Å². The minimum atomic E-state index is -4.14. The molecule has 1 aliphatic heterocycles. The molecule has 1 saturated heterocycles. The highest BCUT2D eigenvalue weighted by Crippen LogP contribution is 2.24. The Morgan fingerprint density at radius 1 is 1.38 bits per heavy atom. The molecule has 5 nitrogen and oxygen atoms in total. The second-order valence-corrected chi connectivity index (χ2v) is 8.55. The van der Waals surface area contributed by atoms with E-state index in [1.165, 1.54) is 4.90 Å². The third-order valence-corrected chi connectivity index (χ3v) is 5.10. The zero-order valence-corrected chi connectivity index (χ0v) is 16.6. The van der Waals surface area contributed by atoms with Crippen LogP contribution in [0.25, 0.3) is 0 Å². The van der Waals surface area contributed by atoms with Crippen LogP contribution >= 0.6 is 11.3 Å². The van der Waals surface area contributed by atoms with Crippen LogP contribution in [0, 0.1) is 0 Å². The van der Waals surface area contributed by atoms with Crippen molar-refractivity contribution in [2.75, 3.05) is 33.2 Å². The molecule has 1 fully saturated rings. The van der Waals surface area contributed by atoms with Crippen molar-refractivity contribution in [1.29, 1.82) is 0 Å². The summed E-state index contributed by atoms with van der Waals surface area (Å²) in [4.78, 5) is 10.2. The van der Waals surface area contributed by atoms with Crippen LogP contribution in [0.1, 0.15) is 37.9 Å². The van der Waals surface area contributed by atoms with Crippen molar-refractivity contribution in [2.24, 2.45) is 4.99 Å². The van der Waals surface area contributed by atoms with Crippen LogP contribution in [0.15, 0.2) is 10.4 Å². The van der Waals surface area contributed by atoms with Crippen LogP contribution in [0.4, 0.5) is 13.2 Å². The predicted octanol–water partition coefficient (Wildman–Crippen LogP) is 2.78. The van der Waals surface area contributed by atoms with Gasteiger partial charge < -0.3 is 10.6 Å². The molecule has 0 spiro atoms. The molecule has 2 rings (SSSR count). The number of nitrogens with zero attached hydrogens (tertiary/aromatic N) is 3. The minimum Gasteiger partial charge on any atom is -0.356 e. The summed E-state index contributed by atoms with van der Waals surface area (Å²) < 4.78 is 37.4. The zero-order valence-electron chi connectivity index (χ0n) is 15.8. The topological polar surface area (TPSA) is 52.6 Å². The first-order valence-corrected chi connectivity index (χ1v) is 9.66. The molecule has 0 saturated carbocycles. The standard InChI is InChI=1S/C17H28F3N5S/c1-16(2,3)13-10-26-14(24-13)5-7-22-15(21-4)23-12-6-8-25(9-12)11-17(18,19)20/h10,12H,5-9,11H2,1-4H3,(H2,21,22,23). The Morgan fingerprint density at radius 3 is 2.69 bits per heavy atom. The Labute approximate surface area is 157 Å². The van der Waals surface area contributed by atoms with Crippen molar-refractivity contribution in [3.05, 3.63) is 16.1 Å². The van der Waals surface area contributed by atoms with Crippen molar-refractivity contribution in [3.63, 3.8) is 0 Å². The van der Waals surface area contributed by atoms with E-state index in [4.69, 9.17) is 0 Å². The van der Waals surface area contributed by atoms with Gasteiger partial charge in [0, 0.05) is 49.9 Å². The lowest BCUT2D eigenvalue weighted by atomic mass is 9.93. The number of nitrogens with one attached hydrogen (secondary N) is 2. The highest BCUT2D eigenvalue weighted by atomic mass is 32.1. The molecule has 1 unspecified atom stereocenters. The molecule has 0 aromatic carbocycles. The van der Waals surface area contributed by atoms with Gasteiger partial charge in [-0.05, 0) is 6.42 Å². The number of rotatable bonds is 5. The van der Waals surface area contributed by atoms with Gasteiger partial charge in [-0.3, -0.25) is 9.89 Å². The van der Waals surface area contributed by atoms with E-state index in [0.29, 0.717) is 32.0 Å². The van der Waals surface area contributed by atoms with Crippen molar-refractivity contribution in [1.82, 2.24) is 20.5 Å². The van der Waals surface area contributed by atoms with Crippen LogP contribution in [0.2, 0.25) is 0 Å². The van der Waals surface area contributed by atoms with Crippen LogP contribution in [0.3, 0.4) is 0 Å². The molecule has 2 N–H and O–H groups in total. The number of hydrogen-bond acceptors (Lipinski definition) is 4. The Morgan fingerprint density at radius 2 is 2.12 bits per heavy atom. The van der Waals surface area contributed by atoms with E-state index in [2.05, 4.69) is 46.8 Å². The van der Waals surface area contributed by atoms with Crippen LogP contribution in [-0.2, 0) is 11.8 Å². The predicted molar refractivity (Wildman–Crippen MR) is 99.9 cm³/mol. The van der Waals surface area contributed by atoms with E-state index >= 15 is 0 Å². The number of aromatic nitrogens is 1. The monoisotopic (exact) mass is 391 g/mol. The maximum Gasteiger partial charge on any atom is 0.401 e. The molecule has 2 heterocycles. The summed E-state index contributed by atoms with van der Waals surface area (Å²) in [7, 11) is 1.67. The van der Waals surface area contributed by atoms with Gasteiger partial charge in [-0.2, -0.15) is 13.2 Å². The van der Waals surface area contributed by atoms with E-state index in [9.17, 15) is 13.2 Å². The van der Waals surface area contributed by atoms with Crippen molar-refractivity contribution < 1.29 is 13.2 Å². The number of alkyl halides is 3. The molecule has 1 aliphatic rings. The maximum absolute atomic E-state index is 12.5. The smallest absolute Gasteiger partial charge is 0.356 e. The lowest BCUT2D eigenvalue weighted by molar-refractivity contribution is -0.143. The first-order valence-electron chi connectivity index (χ1n) is 8.78. The van der Waals surface area contributed by atoms with Gasteiger partial charge in [0.2, 0.25) is 0 Å². The van der Waals surface area contributed by atoms with Crippen LogP contribution < -0.4 is 10.6 Å². The normalized spacial score (nSPS) is 19.8. The van der Waals surface area contributed by atoms with E-state index in [-0.39, 0.29) is 11.5 Å². The molecule has 148 valence electrons. The molecule has 0 amide bonds. The quantitative estimate of drug-likeness (QED) is 0.599. The van der Waals surface area contributed by atoms with Crippen LogP contribution in [-0.4, -0.2) is 61.3 Å². The molecule has 0 radical (unpaired) electrons. The van der Waals surface area contributed by atoms with E-state index < -0.39 is 12.7 Å². The molecular formula is C17H28F3N5S. The fourth-order valence-electron chi connectivity index (χ4n) is 2.79. The average Bonchev–Trinajstić information content (AvgIpc) is 3.13. The summed E-state index contributed by atoms with van der Waals surface area (Å²) in [5.74, 6) is 0.622. The van der Waals surface area contributed by atoms with Gasteiger partial charge in [-0.15, -0.1) is 11.3 Å². The fourth-order valence-corrected chi connectivity index (χ4v) is 3.82. The molecule has 0 bridgehead atoms. The largest absolute Gasteiger partial charge is 0.401 e. The first kappa shape index (κ1) is 21.0. The second kappa shape index (κ2) is 8.56. The summed E-state index contributed by atoms with van der Waals surface area (Å²) in [5.41, 5.74) is 1.14. The Balaban J connectivity index is 1.74. The molecule has 1 aromatic rings. The summed E-state index contributed by atoms with van der Waals surface area (Å²) in [6.45, 7) is 7.07. The molecule has 0 aliphatic carbocycles. The summed E-state index contributed by atoms with van der Waals surface area (Å²) in [5, 5.41) is 9.59. The lowest BCUT2D eigenvalue weighted by Gasteiger charge is -2.19. The van der Waals surface area contributed by atoms with Crippen molar-refractivity contribution >= 4 is 17.3 Å². The highest BCUT2D eigenvalue weighted by molar-refractivity contribution is 7.09. The van der Waals surface area contributed by atoms with Gasteiger partial charge in [-0.1, -0.05) is 20.8 Å². The summed E-state index contributed by atoms with van der Waals surface area (Å²) in [6, 6.07) is -0.0177. The van der Waals surface area contributed by atoms with Gasteiger partial charge >= 0.3 is 6.18 Å². The number of likely N-dealkylation sites (tertiary alicyclic amines) is 1. The van der Waals surface area contributed by atoms with Gasteiger partial charge in [0.1, 0.15) is 0 Å². The number of thiazole rings is 1. The van der Waals surface area contributed by atoms with E-state index in [0.717, 1.165) is 17.1 Å². The first-order chi connectivity index (χ1) is 12.1. The second-order valence-electron chi connectivity index (χ2n) is 7.61. The van der Waals surface area contributed by atoms with Gasteiger partial charge in [0.05, 0.1) is 17.2 Å². The third-order valence-electron chi connectivity index (χ3n) is 4.19. The molecule has 26 heavy (non-hydrogen) atoms. The molecule has 1 atom stereocenters. The zero-order chi connectivity index (χ0) is 19.4. The molecule has 1 aromatic heterocycles. The van der Waals surface area contributed by atoms with Gasteiger partial charge in [0.15, 0.2) is 5.96 Å². The number of aliphatic imine (C=N–C) groups is 1. The van der Waals surface area contributed by atoms with E-state index in [1.54, 1.807) is 18.4 Å². The SMILES string of the molecule is CN=C(NCCc1nc(C(C)(C)C)cs1)NC1CCN(CC(F)(F)F)C1. The Bertz CT molecular complexity index is 606. The van der Waals surface area contributed by atoms with Crippen LogP contribution in [0.5, 0.6) is 0 Å². The average molecular weight is 392 g/mol. The Hall–Kier alpha value is -1.35. The number of guanidine groups is 1. The Kier molecular flexibility index (Phi) is 6.90. The highest BCUT2D eigenvalue weighted by Gasteiger charge is 2.34. The van der Waals surface area contributed by atoms with Gasteiger partial charge in [-0.25, -0.2) is 4.98 Å². The summed E-state index contributed by atoms with van der Waals surface area (Å²) in [6.07, 6.45) is -2.68. The fraction of sp³-hybridized carbons (Fsp3) is 0.765. The maximum atomic E-state index is 12.5.